The van der Waals surface area contributed by atoms with E-state index in [1.165, 1.54) is 67.8 Å². The Bertz CT molecular complexity index is 1770. The van der Waals surface area contributed by atoms with Crippen LogP contribution in [0.2, 0.25) is 0 Å². The van der Waals surface area contributed by atoms with E-state index in [1.807, 2.05) is 0 Å². The van der Waals surface area contributed by atoms with Crippen molar-refractivity contribution in [3.8, 4) is 28.7 Å². The van der Waals surface area contributed by atoms with Crippen molar-refractivity contribution in [2.24, 2.45) is 0 Å². The third-order valence-electron chi connectivity index (χ3n) is 8.31. The van der Waals surface area contributed by atoms with E-state index in [-0.39, 0.29) is 34.3 Å². The SMILES string of the molecule is COc1cc(C=CC(=O)OC[C@@]2(O)CO[C@@H](O[C@H]3[C@H](Oc4ccc(C=CC(=O)c5ccc(O)cc5O)cc4)O[C@H](CO)[C@@H](O)[C@@H]3O)[C@@H]2O)ccc1O. The lowest BCUT2D eigenvalue weighted by Crippen LogP contribution is -2.62. The molecular formula is C36H38O16. The number of aliphatic hydroxyl groups excluding tert-OH is 4. The number of allylic oxidation sites excluding steroid dienone is 1. The summed E-state index contributed by atoms with van der Waals surface area (Å²) in [6.07, 6.45) is -5.97. The van der Waals surface area contributed by atoms with Crippen LogP contribution in [0, 0.1) is 0 Å². The summed E-state index contributed by atoms with van der Waals surface area (Å²) in [5.41, 5.74) is -1.08. The van der Waals surface area contributed by atoms with Gasteiger partial charge in [0.15, 0.2) is 35.3 Å². The van der Waals surface area contributed by atoms with Crippen LogP contribution in [-0.2, 0) is 23.7 Å². The number of phenols is 3. The van der Waals surface area contributed by atoms with Gasteiger partial charge in [-0.1, -0.05) is 24.3 Å². The first-order valence-electron chi connectivity index (χ1n) is 15.8. The Hall–Kier alpha value is -5.04. The van der Waals surface area contributed by atoms with Gasteiger partial charge in [0, 0.05) is 12.1 Å². The highest BCUT2D eigenvalue weighted by molar-refractivity contribution is 6.08. The molecule has 2 heterocycles. The number of ketones is 1. The minimum Gasteiger partial charge on any atom is -0.508 e. The fourth-order valence-electron chi connectivity index (χ4n) is 5.34. The lowest BCUT2D eigenvalue weighted by molar-refractivity contribution is -0.318. The summed E-state index contributed by atoms with van der Waals surface area (Å²) < 4.78 is 32.9. The van der Waals surface area contributed by atoms with Gasteiger partial charge in [0.2, 0.25) is 6.29 Å². The van der Waals surface area contributed by atoms with E-state index in [2.05, 4.69) is 0 Å². The van der Waals surface area contributed by atoms with Gasteiger partial charge in [0.1, 0.15) is 48.3 Å². The maximum absolute atomic E-state index is 12.5. The van der Waals surface area contributed by atoms with Gasteiger partial charge in [-0.3, -0.25) is 4.79 Å². The maximum Gasteiger partial charge on any atom is 0.330 e. The second-order valence-electron chi connectivity index (χ2n) is 12.0. The maximum atomic E-state index is 12.5. The standard InChI is InChI=1S/C36H38O16/c1-47-27-14-20(5-12-25(27)40)6-13-29(42)48-17-36(46)18-49-35(33(36)45)52-32-31(44)30(43)28(16-37)51-34(32)50-22-8-2-19(3-9-22)4-11-24(39)23-10-7-21(38)15-26(23)41/h2-15,28,30-35,37-38,40-41,43-46H,16-18H2,1H3/t28-,30-,31+,32-,33+,34-,35+,36-/m1/s1. The molecule has 0 spiro atoms. The molecule has 2 saturated heterocycles. The Kier molecular flexibility index (Phi) is 12.1. The number of phenolic OH excluding ortho intramolecular Hbond substituents is 3. The third-order valence-corrected chi connectivity index (χ3v) is 8.31. The topological polar surface area (TPSA) is 251 Å². The minimum atomic E-state index is -2.13. The molecule has 2 aliphatic rings. The Balaban J connectivity index is 1.21. The average Bonchev–Trinajstić information content (AvgIpc) is 3.41. The normalized spacial score (nSPS) is 27.5. The van der Waals surface area contributed by atoms with E-state index in [9.17, 15) is 50.4 Å². The predicted octanol–water partition coefficient (Wildman–Crippen LogP) is 0.616. The Morgan fingerprint density at radius 2 is 1.60 bits per heavy atom. The van der Waals surface area contributed by atoms with Crippen LogP contribution >= 0.6 is 0 Å². The van der Waals surface area contributed by atoms with Gasteiger partial charge in [-0.2, -0.15) is 0 Å². The molecule has 52 heavy (non-hydrogen) atoms. The number of esters is 1. The van der Waals surface area contributed by atoms with E-state index >= 15 is 0 Å². The van der Waals surface area contributed by atoms with Crippen LogP contribution in [0.4, 0.5) is 0 Å². The number of methoxy groups -OCH3 is 1. The largest absolute Gasteiger partial charge is 0.508 e. The summed E-state index contributed by atoms with van der Waals surface area (Å²) in [5, 5.41) is 82.2. The zero-order chi connectivity index (χ0) is 37.6. The first-order chi connectivity index (χ1) is 24.8. The van der Waals surface area contributed by atoms with Crippen LogP contribution in [0.1, 0.15) is 21.5 Å². The molecule has 8 N–H and O–H groups in total. The van der Waals surface area contributed by atoms with Crippen molar-refractivity contribution in [2.45, 2.75) is 48.7 Å². The molecule has 3 aromatic carbocycles. The van der Waals surface area contributed by atoms with Gasteiger partial charge in [-0.15, -0.1) is 0 Å². The molecule has 5 rings (SSSR count). The van der Waals surface area contributed by atoms with Gasteiger partial charge in [-0.25, -0.2) is 4.79 Å². The third kappa shape index (κ3) is 8.87. The molecule has 0 unspecified atom stereocenters. The first-order valence-corrected chi connectivity index (χ1v) is 15.8. The molecule has 8 atom stereocenters. The second-order valence-corrected chi connectivity index (χ2v) is 12.0. The Morgan fingerprint density at radius 3 is 2.29 bits per heavy atom. The van der Waals surface area contributed by atoms with Crippen LogP contribution in [0.3, 0.4) is 0 Å². The van der Waals surface area contributed by atoms with Crippen molar-refractivity contribution in [1.29, 1.82) is 0 Å². The van der Waals surface area contributed by atoms with E-state index in [0.717, 1.165) is 12.1 Å². The van der Waals surface area contributed by atoms with Crippen LogP contribution in [0.5, 0.6) is 28.7 Å². The number of hydrogen-bond donors (Lipinski definition) is 8. The number of aromatic hydroxyl groups is 3. The molecule has 16 nitrogen and oxygen atoms in total. The van der Waals surface area contributed by atoms with Crippen molar-refractivity contribution >= 4 is 23.9 Å². The van der Waals surface area contributed by atoms with Gasteiger partial charge in [0.25, 0.3) is 0 Å². The van der Waals surface area contributed by atoms with Crippen molar-refractivity contribution in [1.82, 2.24) is 0 Å². The van der Waals surface area contributed by atoms with E-state index < -0.39 is 80.3 Å². The zero-order valence-electron chi connectivity index (χ0n) is 27.6. The van der Waals surface area contributed by atoms with E-state index in [4.69, 9.17) is 28.4 Å². The minimum absolute atomic E-state index is 0.00900. The summed E-state index contributed by atoms with van der Waals surface area (Å²) in [7, 11) is 1.37. The van der Waals surface area contributed by atoms with Crippen LogP contribution in [0.15, 0.2) is 72.8 Å². The highest BCUT2D eigenvalue weighted by Gasteiger charge is 2.54. The van der Waals surface area contributed by atoms with Crippen molar-refractivity contribution < 1.29 is 78.9 Å². The fraction of sp³-hybridized carbons (Fsp3) is 0.333. The molecule has 0 aliphatic carbocycles. The summed E-state index contributed by atoms with van der Waals surface area (Å²) in [6.45, 7) is -1.95. The number of ether oxygens (including phenoxy) is 6. The molecular weight excluding hydrogens is 688 g/mol. The van der Waals surface area contributed by atoms with E-state index in [1.54, 1.807) is 12.1 Å². The second kappa shape index (κ2) is 16.5. The molecule has 2 fully saturated rings. The van der Waals surface area contributed by atoms with Crippen LogP contribution < -0.4 is 9.47 Å². The molecule has 0 amide bonds. The van der Waals surface area contributed by atoms with Gasteiger partial charge in [0.05, 0.1) is 25.9 Å². The lowest BCUT2D eigenvalue weighted by atomic mass is 9.98. The summed E-state index contributed by atoms with van der Waals surface area (Å²) >= 11 is 0. The number of benzene rings is 3. The van der Waals surface area contributed by atoms with Crippen LogP contribution in [-0.4, -0.2) is 128 Å². The molecule has 0 radical (unpaired) electrons. The highest BCUT2D eigenvalue weighted by atomic mass is 16.8. The van der Waals surface area contributed by atoms with Gasteiger partial charge < -0.3 is 69.3 Å². The summed E-state index contributed by atoms with van der Waals surface area (Å²) in [4.78, 5) is 24.8. The molecule has 3 aromatic rings. The Morgan fingerprint density at radius 1 is 0.885 bits per heavy atom. The fourth-order valence-corrected chi connectivity index (χ4v) is 5.34. The monoisotopic (exact) mass is 726 g/mol. The van der Waals surface area contributed by atoms with E-state index in [0.29, 0.717) is 11.1 Å². The van der Waals surface area contributed by atoms with Gasteiger partial charge in [-0.05, 0) is 59.7 Å². The van der Waals surface area contributed by atoms with Crippen molar-refractivity contribution in [3.05, 3.63) is 89.5 Å². The van der Waals surface area contributed by atoms with Crippen molar-refractivity contribution in [2.75, 3.05) is 26.9 Å². The smallest absolute Gasteiger partial charge is 0.330 e. The number of aliphatic hydroxyl groups is 5. The molecule has 278 valence electrons. The molecule has 0 aromatic heterocycles. The van der Waals surface area contributed by atoms with Gasteiger partial charge >= 0.3 is 5.97 Å². The molecule has 0 saturated carbocycles. The molecule has 0 bridgehead atoms. The number of carbonyl (C=O) groups is 2. The average molecular weight is 727 g/mol. The molecule has 2 aliphatic heterocycles. The summed E-state index contributed by atoms with van der Waals surface area (Å²) in [6, 6.07) is 14.1. The predicted molar refractivity (Wildman–Crippen MR) is 178 cm³/mol. The van der Waals surface area contributed by atoms with Crippen LogP contribution in [0.25, 0.3) is 12.2 Å². The number of carbonyl (C=O) groups excluding carboxylic acids is 2. The number of rotatable bonds is 13. The highest BCUT2D eigenvalue weighted by Crippen LogP contribution is 2.33. The molecule has 16 heteroatoms. The summed E-state index contributed by atoms with van der Waals surface area (Å²) in [5.74, 6) is -1.68. The first kappa shape index (κ1) is 38.2. The van der Waals surface area contributed by atoms with Crippen molar-refractivity contribution in [3.63, 3.8) is 0 Å². The Labute approximate surface area is 296 Å². The quantitative estimate of drug-likeness (QED) is 0.0683. The zero-order valence-corrected chi connectivity index (χ0v) is 27.6. The number of hydrogen-bond acceptors (Lipinski definition) is 16. The lowest BCUT2D eigenvalue weighted by Gasteiger charge is -2.42.